The zero-order valence-corrected chi connectivity index (χ0v) is 9.47. The van der Waals surface area contributed by atoms with Crippen LogP contribution >= 0.6 is 0 Å². The van der Waals surface area contributed by atoms with Crippen molar-refractivity contribution >= 4 is 5.84 Å². The monoisotopic (exact) mass is 210 g/mol. The number of hydrogen-bond acceptors (Lipinski definition) is 3. The fraction of sp³-hybridized carbons (Fsp3) is 0.917. The Bertz CT molecular complexity index is 232. The second-order valence-electron chi connectivity index (χ2n) is 5.00. The number of aliphatic hydroxyl groups excluding tert-OH is 1. The Labute approximate surface area is 92.0 Å². The van der Waals surface area contributed by atoms with Crippen molar-refractivity contribution in [2.24, 2.45) is 10.4 Å². The smallest absolute Gasteiger partial charge is 0.0963 e. The number of aliphatic hydroxyl groups is 1. The molecule has 2 rings (SSSR count). The fourth-order valence-electron chi connectivity index (χ4n) is 2.65. The van der Waals surface area contributed by atoms with Crippen molar-refractivity contribution in [3.63, 3.8) is 0 Å². The van der Waals surface area contributed by atoms with Crippen LogP contribution in [0.4, 0.5) is 0 Å². The molecule has 0 unspecified atom stereocenters. The summed E-state index contributed by atoms with van der Waals surface area (Å²) in [7, 11) is 0. The standard InChI is InChI=1S/C12H22N2O/c15-10-12(6-2-3-7-12)9-14-11-5-1-4-8-13-11/h15H,1-10H2,(H,13,14). The lowest BCUT2D eigenvalue weighted by atomic mass is 9.87. The van der Waals surface area contributed by atoms with Crippen molar-refractivity contribution in [3.8, 4) is 0 Å². The van der Waals surface area contributed by atoms with Gasteiger partial charge in [0.2, 0.25) is 0 Å². The molecule has 0 bridgehead atoms. The highest BCUT2D eigenvalue weighted by Crippen LogP contribution is 2.36. The maximum atomic E-state index is 9.47. The molecule has 3 heteroatoms. The van der Waals surface area contributed by atoms with E-state index in [2.05, 4.69) is 10.3 Å². The minimum Gasteiger partial charge on any atom is -0.396 e. The van der Waals surface area contributed by atoms with E-state index in [1.165, 1.54) is 44.4 Å². The lowest BCUT2D eigenvalue weighted by Gasteiger charge is -2.28. The average molecular weight is 210 g/mol. The van der Waals surface area contributed by atoms with Crippen molar-refractivity contribution < 1.29 is 5.11 Å². The van der Waals surface area contributed by atoms with Crippen LogP contribution in [0, 0.1) is 5.41 Å². The number of nitrogens with zero attached hydrogens (tertiary/aromatic N) is 1. The highest BCUT2D eigenvalue weighted by molar-refractivity contribution is 5.82. The summed E-state index contributed by atoms with van der Waals surface area (Å²) < 4.78 is 0. The van der Waals surface area contributed by atoms with Gasteiger partial charge in [-0.3, -0.25) is 4.99 Å². The number of amidine groups is 1. The Hall–Kier alpha value is -0.570. The van der Waals surface area contributed by atoms with Gasteiger partial charge in [-0.05, 0) is 25.7 Å². The molecule has 86 valence electrons. The van der Waals surface area contributed by atoms with Crippen molar-refractivity contribution in [1.82, 2.24) is 5.32 Å². The largest absolute Gasteiger partial charge is 0.396 e. The predicted molar refractivity (Wildman–Crippen MR) is 62.1 cm³/mol. The Kier molecular flexibility index (Phi) is 3.62. The van der Waals surface area contributed by atoms with Crippen molar-refractivity contribution in [1.29, 1.82) is 0 Å². The number of hydrogen-bond donors (Lipinski definition) is 2. The maximum Gasteiger partial charge on any atom is 0.0963 e. The van der Waals surface area contributed by atoms with E-state index in [0.717, 1.165) is 19.5 Å². The molecule has 1 aliphatic carbocycles. The molecule has 0 aromatic heterocycles. The van der Waals surface area contributed by atoms with Gasteiger partial charge in [0.25, 0.3) is 0 Å². The normalized spacial score (nSPS) is 25.0. The van der Waals surface area contributed by atoms with Crippen LogP contribution in [0.3, 0.4) is 0 Å². The molecule has 0 amide bonds. The third kappa shape index (κ3) is 2.71. The highest BCUT2D eigenvalue weighted by Gasteiger charge is 2.33. The lowest BCUT2D eigenvalue weighted by Crippen LogP contribution is -2.38. The minimum atomic E-state index is 0.153. The van der Waals surface area contributed by atoms with Gasteiger partial charge in [0.05, 0.1) is 12.4 Å². The molecule has 0 aromatic rings. The van der Waals surface area contributed by atoms with Crippen molar-refractivity contribution in [3.05, 3.63) is 0 Å². The summed E-state index contributed by atoms with van der Waals surface area (Å²) >= 11 is 0. The van der Waals surface area contributed by atoms with Crippen LogP contribution in [-0.2, 0) is 0 Å². The summed E-state index contributed by atoms with van der Waals surface area (Å²) in [6, 6.07) is 0. The lowest BCUT2D eigenvalue weighted by molar-refractivity contribution is 0.133. The SMILES string of the molecule is OCC1(CNC2=NCCCC2)CCCC1. The molecule has 0 radical (unpaired) electrons. The summed E-state index contributed by atoms with van der Waals surface area (Å²) in [6.45, 7) is 2.23. The van der Waals surface area contributed by atoms with Crippen LogP contribution < -0.4 is 5.32 Å². The van der Waals surface area contributed by atoms with Gasteiger partial charge in [-0.1, -0.05) is 12.8 Å². The zero-order chi connectivity index (χ0) is 10.6. The van der Waals surface area contributed by atoms with E-state index in [1.807, 2.05) is 0 Å². The van der Waals surface area contributed by atoms with Gasteiger partial charge in [0, 0.05) is 24.9 Å². The van der Waals surface area contributed by atoms with E-state index in [9.17, 15) is 5.11 Å². The molecule has 2 N–H and O–H groups in total. The topological polar surface area (TPSA) is 44.6 Å². The quantitative estimate of drug-likeness (QED) is 0.745. The molecular weight excluding hydrogens is 188 g/mol. The van der Waals surface area contributed by atoms with E-state index in [1.54, 1.807) is 0 Å². The third-order valence-electron chi connectivity index (χ3n) is 3.79. The third-order valence-corrected chi connectivity index (χ3v) is 3.79. The molecule has 0 atom stereocenters. The first kappa shape index (κ1) is 10.9. The predicted octanol–water partition coefficient (Wildman–Crippen LogP) is 1.71. The van der Waals surface area contributed by atoms with Crippen LogP contribution in [0.2, 0.25) is 0 Å². The number of nitrogens with one attached hydrogen (secondary N) is 1. The van der Waals surface area contributed by atoms with Crippen LogP contribution in [0.15, 0.2) is 4.99 Å². The van der Waals surface area contributed by atoms with Crippen molar-refractivity contribution in [2.45, 2.75) is 44.9 Å². The molecular formula is C12H22N2O. The first-order valence-corrected chi connectivity index (χ1v) is 6.23. The summed E-state index contributed by atoms with van der Waals surface area (Å²) in [4.78, 5) is 4.48. The van der Waals surface area contributed by atoms with E-state index in [0.29, 0.717) is 6.61 Å². The second kappa shape index (κ2) is 4.97. The van der Waals surface area contributed by atoms with Gasteiger partial charge in [0.15, 0.2) is 0 Å². The van der Waals surface area contributed by atoms with Crippen LogP contribution in [0.25, 0.3) is 0 Å². The maximum absolute atomic E-state index is 9.47. The van der Waals surface area contributed by atoms with Gasteiger partial charge < -0.3 is 10.4 Å². The van der Waals surface area contributed by atoms with Crippen molar-refractivity contribution in [2.75, 3.05) is 19.7 Å². The highest BCUT2D eigenvalue weighted by atomic mass is 16.3. The first-order chi connectivity index (χ1) is 7.35. The first-order valence-electron chi connectivity index (χ1n) is 6.23. The van der Waals surface area contributed by atoms with Crippen LogP contribution in [0.5, 0.6) is 0 Å². The van der Waals surface area contributed by atoms with E-state index >= 15 is 0 Å². The summed E-state index contributed by atoms with van der Waals surface area (Å²) in [5, 5.41) is 12.9. The Morgan fingerprint density at radius 3 is 2.60 bits per heavy atom. The molecule has 15 heavy (non-hydrogen) atoms. The van der Waals surface area contributed by atoms with Gasteiger partial charge in [-0.2, -0.15) is 0 Å². The van der Waals surface area contributed by atoms with Gasteiger partial charge >= 0.3 is 0 Å². The molecule has 1 aliphatic heterocycles. The Morgan fingerprint density at radius 1 is 1.20 bits per heavy atom. The molecule has 3 nitrogen and oxygen atoms in total. The summed E-state index contributed by atoms with van der Waals surface area (Å²) in [5.74, 6) is 1.17. The molecule has 0 saturated heterocycles. The van der Waals surface area contributed by atoms with Gasteiger partial charge in [-0.25, -0.2) is 0 Å². The second-order valence-corrected chi connectivity index (χ2v) is 5.00. The number of rotatable bonds is 3. The summed E-state index contributed by atoms with van der Waals surface area (Å²) in [5.41, 5.74) is 0.153. The minimum absolute atomic E-state index is 0.153. The number of aliphatic imine (C=N–C) groups is 1. The average Bonchev–Trinajstić information content (AvgIpc) is 2.77. The van der Waals surface area contributed by atoms with Crippen LogP contribution in [0.1, 0.15) is 44.9 Å². The molecule has 1 fully saturated rings. The summed E-state index contributed by atoms with van der Waals surface area (Å²) in [6.07, 6.45) is 8.48. The fourth-order valence-corrected chi connectivity index (χ4v) is 2.65. The van der Waals surface area contributed by atoms with E-state index in [-0.39, 0.29) is 5.41 Å². The Morgan fingerprint density at radius 2 is 2.00 bits per heavy atom. The molecule has 1 heterocycles. The van der Waals surface area contributed by atoms with Gasteiger partial charge in [-0.15, -0.1) is 0 Å². The van der Waals surface area contributed by atoms with E-state index in [4.69, 9.17) is 0 Å². The Balaban J connectivity index is 1.82. The molecule has 0 spiro atoms. The van der Waals surface area contributed by atoms with Gasteiger partial charge in [0.1, 0.15) is 0 Å². The van der Waals surface area contributed by atoms with E-state index < -0.39 is 0 Å². The zero-order valence-electron chi connectivity index (χ0n) is 9.47. The van der Waals surface area contributed by atoms with Crippen LogP contribution in [-0.4, -0.2) is 30.6 Å². The molecule has 0 aromatic carbocycles. The molecule has 1 saturated carbocycles. The molecule has 2 aliphatic rings.